The third kappa shape index (κ3) is 2.73. The molecule has 1 rings (SSSR count). The summed E-state index contributed by atoms with van der Waals surface area (Å²) in [6.07, 6.45) is 0. The maximum Gasteiger partial charge on any atom is 0.308 e. The number of carboxylic acids is 1. The van der Waals surface area contributed by atoms with Gasteiger partial charge in [0.2, 0.25) is 0 Å². The molecule has 0 bridgehead atoms. The summed E-state index contributed by atoms with van der Waals surface area (Å²) >= 11 is 0. The molecule has 0 spiro atoms. The first-order chi connectivity index (χ1) is 6.61. The Kier molecular flexibility index (Phi) is 3.45. The number of nitrogens with one attached hydrogen (secondary N) is 1. The molecule has 14 heavy (non-hydrogen) atoms. The topological polar surface area (TPSA) is 49.3 Å². The molecule has 0 saturated heterocycles. The Bertz CT molecular complexity index is 328. The van der Waals surface area contributed by atoms with E-state index in [4.69, 9.17) is 5.11 Å². The summed E-state index contributed by atoms with van der Waals surface area (Å²) in [4.78, 5) is 10.5. The molecule has 0 heterocycles. The number of hydrogen-bond acceptors (Lipinski definition) is 2. The number of anilines is 1. The molecular formula is C10H12FNO2. The fourth-order valence-corrected chi connectivity index (χ4v) is 0.955. The lowest BCUT2D eigenvalue weighted by molar-refractivity contribution is -0.140. The fraction of sp³-hybridized carbons (Fsp3) is 0.300. The first-order valence-corrected chi connectivity index (χ1v) is 4.32. The van der Waals surface area contributed by atoms with Crippen molar-refractivity contribution in [2.24, 2.45) is 5.92 Å². The van der Waals surface area contributed by atoms with Crippen molar-refractivity contribution in [3.8, 4) is 0 Å². The van der Waals surface area contributed by atoms with E-state index >= 15 is 0 Å². The van der Waals surface area contributed by atoms with Crippen LogP contribution in [-0.4, -0.2) is 17.6 Å². The lowest BCUT2D eigenvalue weighted by atomic mass is 10.2. The Labute approximate surface area is 81.6 Å². The quantitative estimate of drug-likeness (QED) is 0.775. The van der Waals surface area contributed by atoms with Crippen LogP contribution in [0.15, 0.2) is 24.3 Å². The zero-order chi connectivity index (χ0) is 10.6. The van der Waals surface area contributed by atoms with Crippen molar-refractivity contribution in [2.45, 2.75) is 6.92 Å². The Hall–Kier alpha value is -1.58. The maximum absolute atomic E-state index is 13.0. The number of para-hydroxylation sites is 1. The normalized spacial score (nSPS) is 12.1. The molecule has 0 saturated carbocycles. The second kappa shape index (κ2) is 4.60. The summed E-state index contributed by atoms with van der Waals surface area (Å²) in [5.41, 5.74) is 0.334. The van der Waals surface area contributed by atoms with Crippen molar-refractivity contribution in [2.75, 3.05) is 11.9 Å². The summed E-state index contributed by atoms with van der Waals surface area (Å²) in [5, 5.41) is 11.3. The molecule has 2 N–H and O–H groups in total. The molecule has 1 unspecified atom stereocenters. The number of halogens is 1. The smallest absolute Gasteiger partial charge is 0.308 e. The van der Waals surface area contributed by atoms with Crippen LogP contribution in [-0.2, 0) is 4.79 Å². The first-order valence-electron chi connectivity index (χ1n) is 4.32. The lowest BCUT2D eigenvalue weighted by Gasteiger charge is -2.09. The minimum Gasteiger partial charge on any atom is -0.481 e. The highest BCUT2D eigenvalue weighted by Crippen LogP contribution is 2.12. The molecule has 4 heteroatoms. The van der Waals surface area contributed by atoms with E-state index in [0.717, 1.165) is 0 Å². The van der Waals surface area contributed by atoms with Gasteiger partial charge in [0.25, 0.3) is 0 Å². The van der Waals surface area contributed by atoms with Crippen LogP contribution in [0.5, 0.6) is 0 Å². The summed E-state index contributed by atoms with van der Waals surface area (Å²) < 4.78 is 13.0. The average Bonchev–Trinajstić information content (AvgIpc) is 2.16. The fourth-order valence-electron chi connectivity index (χ4n) is 0.955. The van der Waals surface area contributed by atoms with Crippen LogP contribution >= 0.6 is 0 Å². The second-order valence-corrected chi connectivity index (χ2v) is 3.10. The molecule has 1 aromatic rings. The van der Waals surface area contributed by atoms with Gasteiger partial charge in [-0.3, -0.25) is 4.79 Å². The number of benzene rings is 1. The maximum atomic E-state index is 13.0. The summed E-state index contributed by atoms with van der Waals surface area (Å²) in [7, 11) is 0. The SMILES string of the molecule is CC(CNc1ccccc1F)C(=O)O. The van der Waals surface area contributed by atoms with Gasteiger partial charge in [-0.15, -0.1) is 0 Å². The van der Waals surface area contributed by atoms with Gasteiger partial charge in [-0.2, -0.15) is 0 Å². The molecular weight excluding hydrogens is 185 g/mol. The van der Waals surface area contributed by atoms with Crippen LogP contribution in [0.25, 0.3) is 0 Å². The zero-order valence-corrected chi connectivity index (χ0v) is 7.83. The molecule has 0 aliphatic rings. The number of aliphatic carboxylic acids is 1. The number of hydrogen-bond donors (Lipinski definition) is 2. The highest BCUT2D eigenvalue weighted by atomic mass is 19.1. The Balaban J connectivity index is 2.54. The van der Waals surface area contributed by atoms with Gasteiger partial charge in [0.05, 0.1) is 11.6 Å². The van der Waals surface area contributed by atoms with Crippen LogP contribution in [0.4, 0.5) is 10.1 Å². The van der Waals surface area contributed by atoms with Crippen LogP contribution < -0.4 is 5.32 Å². The van der Waals surface area contributed by atoms with Crippen LogP contribution in [0.1, 0.15) is 6.92 Å². The van der Waals surface area contributed by atoms with E-state index < -0.39 is 11.9 Å². The van der Waals surface area contributed by atoms with E-state index in [2.05, 4.69) is 5.32 Å². The Morgan fingerprint density at radius 2 is 2.21 bits per heavy atom. The van der Waals surface area contributed by atoms with Crippen LogP contribution in [0.2, 0.25) is 0 Å². The van der Waals surface area contributed by atoms with Crippen LogP contribution in [0, 0.1) is 11.7 Å². The highest BCUT2D eigenvalue weighted by Gasteiger charge is 2.10. The molecule has 76 valence electrons. The van der Waals surface area contributed by atoms with Gasteiger partial charge in [-0.25, -0.2) is 4.39 Å². The largest absolute Gasteiger partial charge is 0.481 e. The van der Waals surface area contributed by atoms with Gasteiger partial charge in [0.15, 0.2) is 0 Å². The van der Waals surface area contributed by atoms with E-state index in [0.29, 0.717) is 5.69 Å². The van der Waals surface area contributed by atoms with Crippen molar-refractivity contribution in [1.82, 2.24) is 0 Å². The minimum absolute atomic E-state index is 0.219. The molecule has 0 aliphatic heterocycles. The molecule has 0 fully saturated rings. The molecule has 0 aromatic heterocycles. The third-order valence-electron chi connectivity index (χ3n) is 1.89. The molecule has 3 nitrogen and oxygen atoms in total. The van der Waals surface area contributed by atoms with Gasteiger partial charge in [-0.05, 0) is 12.1 Å². The first kappa shape index (κ1) is 10.5. The Morgan fingerprint density at radius 3 is 2.79 bits per heavy atom. The van der Waals surface area contributed by atoms with E-state index in [-0.39, 0.29) is 12.4 Å². The molecule has 0 radical (unpaired) electrons. The second-order valence-electron chi connectivity index (χ2n) is 3.10. The molecule has 1 atom stereocenters. The molecule has 1 aromatic carbocycles. The van der Waals surface area contributed by atoms with Gasteiger partial charge in [-0.1, -0.05) is 19.1 Å². The third-order valence-corrected chi connectivity index (χ3v) is 1.89. The van der Waals surface area contributed by atoms with Crippen molar-refractivity contribution in [3.63, 3.8) is 0 Å². The van der Waals surface area contributed by atoms with Crippen molar-refractivity contribution in [3.05, 3.63) is 30.1 Å². The zero-order valence-electron chi connectivity index (χ0n) is 7.83. The van der Waals surface area contributed by atoms with Gasteiger partial charge in [0.1, 0.15) is 5.82 Å². The monoisotopic (exact) mass is 197 g/mol. The lowest BCUT2D eigenvalue weighted by Crippen LogP contribution is -2.19. The summed E-state index contributed by atoms with van der Waals surface area (Å²) in [6, 6.07) is 6.18. The van der Waals surface area contributed by atoms with E-state index in [9.17, 15) is 9.18 Å². The molecule has 0 amide bonds. The standard InChI is InChI=1S/C10H12FNO2/c1-7(10(13)14)6-12-9-5-3-2-4-8(9)11/h2-5,7,12H,6H2,1H3,(H,13,14). The van der Waals surface area contributed by atoms with Crippen molar-refractivity contribution in [1.29, 1.82) is 0 Å². The predicted octanol–water partition coefficient (Wildman–Crippen LogP) is 1.96. The number of rotatable bonds is 4. The van der Waals surface area contributed by atoms with E-state index in [1.807, 2.05) is 0 Å². The van der Waals surface area contributed by atoms with Crippen molar-refractivity contribution >= 4 is 11.7 Å². The molecule has 0 aliphatic carbocycles. The number of carboxylic acid groups (broad SMARTS) is 1. The van der Waals surface area contributed by atoms with Gasteiger partial charge >= 0.3 is 5.97 Å². The highest BCUT2D eigenvalue weighted by molar-refractivity contribution is 5.70. The van der Waals surface area contributed by atoms with E-state index in [1.165, 1.54) is 6.07 Å². The summed E-state index contributed by atoms with van der Waals surface area (Å²) in [6.45, 7) is 1.78. The van der Waals surface area contributed by atoms with Crippen LogP contribution in [0.3, 0.4) is 0 Å². The van der Waals surface area contributed by atoms with E-state index in [1.54, 1.807) is 25.1 Å². The predicted molar refractivity (Wildman–Crippen MR) is 51.7 cm³/mol. The average molecular weight is 197 g/mol. The minimum atomic E-state index is -0.895. The summed E-state index contributed by atoms with van der Waals surface area (Å²) in [5.74, 6) is -1.80. The Morgan fingerprint density at radius 1 is 1.57 bits per heavy atom. The number of carbonyl (C=O) groups is 1. The van der Waals surface area contributed by atoms with Crippen molar-refractivity contribution < 1.29 is 14.3 Å². The van der Waals surface area contributed by atoms with Gasteiger partial charge in [0, 0.05) is 6.54 Å². The van der Waals surface area contributed by atoms with Gasteiger partial charge < -0.3 is 10.4 Å².